The van der Waals surface area contributed by atoms with Gasteiger partial charge in [0.05, 0.1) is 0 Å². The zero-order valence-electron chi connectivity index (χ0n) is 10.0. The predicted molar refractivity (Wildman–Crippen MR) is 63.7 cm³/mol. The number of nitrogens with one attached hydrogen (secondary N) is 1. The summed E-state index contributed by atoms with van der Waals surface area (Å²) >= 11 is 0. The van der Waals surface area contributed by atoms with Crippen molar-refractivity contribution >= 4 is 0 Å². The van der Waals surface area contributed by atoms with Crippen molar-refractivity contribution in [2.45, 2.75) is 25.4 Å². The van der Waals surface area contributed by atoms with Crippen molar-refractivity contribution in [1.29, 1.82) is 0 Å². The molecule has 0 aromatic heterocycles. The molecule has 1 unspecified atom stereocenters. The Morgan fingerprint density at radius 1 is 1.41 bits per heavy atom. The summed E-state index contributed by atoms with van der Waals surface area (Å²) in [5, 5.41) is 3.32. The highest BCUT2D eigenvalue weighted by molar-refractivity contribution is 5.18. The van der Waals surface area contributed by atoms with E-state index in [1.165, 1.54) is 18.6 Å². The number of piperidine rings is 1. The van der Waals surface area contributed by atoms with Crippen LogP contribution in [0, 0.1) is 11.6 Å². The van der Waals surface area contributed by atoms with E-state index >= 15 is 0 Å². The predicted octanol–water partition coefficient (Wildman–Crippen LogP) is 2.15. The second-order valence-electron chi connectivity index (χ2n) is 4.72. The molecule has 2 rings (SSSR count). The lowest BCUT2D eigenvalue weighted by atomic mass is 10.1. The van der Waals surface area contributed by atoms with Gasteiger partial charge in [0.15, 0.2) is 0 Å². The van der Waals surface area contributed by atoms with Crippen molar-refractivity contribution in [3.8, 4) is 0 Å². The second-order valence-corrected chi connectivity index (χ2v) is 4.72. The third kappa shape index (κ3) is 3.48. The van der Waals surface area contributed by atoms with Gasteiger partial charge in [-0.3, -0.25) is 0 Å². The van der Waals surface area contributed by atoms with E-state index in [-0.39, 0.29) is 0 Å². The topological polar surface area (TPSA) is 15.3 Å². The molecule has 1 aliphatic heterocycles. The van der Waals surface area contributed by atoms with Crippen LogP contribution < -0.4 is 5.32 Å². The van der Waals surface area contributed by atoms with E-state index in [1.54, 1.807) is 0 Å². The van der Waals surface area contributed by atoms with Crippen molar-refractivity contribution in [2.24, 2.45) is 0 Å². The maximum absolute atomic E-state index is 13.4. The normalized spacial score (nSPS) is 21.7. The smallest absolute Gasteiger partial charge is 0.130 e. The molecule has 0 saturated carbocycles. The molecule has 1 fully saturated rings. The van der Waals surface area contributed by atoms with Crippen LogP contribution in [0.1, 0.15) is 18.4 Å². The van der Waals surface area contributed by atoms with E-state index < -0.39 is 11.6 Å². The van der Waals surface area contributed by atoms with Crippen molar-refractivity contribution in [3.63, 3.8) is 0 Å². The van der Waals surface area contributed by atoms with E-state index in [1.807, 2.05) is 0 Å². The summed E-state index contributed by atoms with van der Waals surface area (Å²) in [5.41, 5.74) is 0.527. The van der Waals surface area contributed by atoms with Gasteiger partial charge in [-0.2, -0.15) is 0 Å². The van der Waals surface area contributed by atoms with E-state index in [0.29, 0.717) is 18.2 Å². The zero-order valence-corrected chi connectivity index (χ0v) is 10.0. The van der Waals surface area contributed by atoms with Gasteiger partial charge in [-0.05, 0) is 32.5 Å². The molecule has 4 heteroatoms. The van der Waals surface area contributed by atoms with E-state index in [4.69, 9.17) is 0 Å². The van der Waals surface area contributed by atoms with Gasteiger partial charge in [0, 0.05) is 30.8 Å². The van der Waals surface area contributed by atoms with Crippen molar-refractivity contribution in [1.82, 2.24) is 10.2 Å². The maximum atomic E-state index is 13.4. The number of rotatable bonds is 3. The molecular formula is C13H18F2N2. The summed E-state index contributed by atoms with van der Waals surface area (Å²) in [6, 6.07) is 4.14. The first-order valence-corrected chi connectivity index (χ1v) is 6.01. The Labute approximate surface area is 101 Å². The number of nitrogens with zero attached hydrogens (tertiary/aromatic N) is 1. The summed E-state index contributed by atoms with van der Waals surface area (Å²) < 4.78 is 26.1. The van der Waals surface area contributed by atoms with E-state index in [2.05, 4.69) is 17.3 Å². The van der Waals surface area contributed by atoms with Gasteiger partial charge in [0.25, 0.3) is 0 Å². The Kier molecular flexibility index (Phi) is 4.07. The number of hydrogen-bond acceptors (Lipinski definition) is 2. The lowest BCUT2D eigenvalue weighted by molar-refractivity contribution is 0.226. The van der Waals surface area contributed by atoms with Crippen molar-refractivity contribution in [3.05, 3.63) is 35.4 Å². The molecule has 1 saturated heterocycles. The average molecular weight is 240 g/mol. The van der Waals surface area contributed by atoms with Crippen molar-refractivity contribution < 1.29 is 8.78 Å². The Bertz CT molecular complexity index is 382. The third-order valence-corrected chi connectivity index (χ3v) is 3.22. The molecule has 1 N–H and O–H groups in total. The first-order chi connectivity index (χ1) is 8.15. The zero-order chi connectivity index (χ0) is 12.3. The van der Waals surface area contributed by atoms with Gasteiger partial charge >= 0.3 is 0 Å². The number of halogens is 2. The van der Waals surface area contributed by atoms with Crippen LogP contribution in [0.3, 0.4) is 0 Å². The summed E-state index contributed by atoms with van der Waals surface area (Å²) in [6.07, 6.45) is 2.28. The van der Waals surface area contributed by atoms with Gasteiger partial charge < -0.3 is 10.2 Å². The van der Waals surface area contributed by atoms with Gasteiger partial charge in [0.2, 0.25) is 0 Å². The Morgan fingerprint density at radius 3 is 2.94 bits per heavy atom. The standard InChI is InChI=1S/C13H18F2N2/c1-17-6-2-3-12(9-17)16-8-10-4-5-11(14)7-13(10)15/h4-5,7,12,16H,2-3,6,8-9H2,1H3. The van der Waals surface area contributed by atoms with Crippen LogP contribution in [0.4, 0.5) is 8.78 Å². The summed E-state index contributed by atoms with van der Waals surface area (Å²) in [7, 11) is 2.09. The van der Waals surface area contributed by atoms with Gasteiger partial charge in [-0.1, -0.05) is 6.07 Å². The van der Waals surface area contributed by atoms with Crippen LogP contribution in [-0.4, -0.2) is 31.1 Å². The number of likely N-dealkylation sites (tertiary alicyclic amines) is 1. The van der Waals surface area contributed by atoms with Gasteiger partial charge in [-0.15, -0.1) is 0 Å². The van der Waals surface area contributed by atoms with Crippen LogP contribution in [-0.2, 0) is 6.54 Å². The molecule has 94 valence electrons. The number of likely N-dealkylation sites (N-methyl/N-ethyl adjacent to an activating group) is 1. The highest BCUT2D eigenvalue weighted by Gasteiger charge is 2.16. The highest BCUT2D eigenvalue weighted by atomic mass is 19.1. The van der Waals surface area contributed by atoms with Crippen molar-refractivity contribution in [2.75, 3.05) is 20.1 Å². The Balaban J connectivity index is 1.88. The minimum absolute atomic E-state index is 0.401. The average Bonchev–Trinajstić information content (AvgIpc) is 2.28. The SMILES string of the molecule is CN1CCCC(NCc2ccc(F)cc2F)C1. The summed E-state index contributed by atoms with van der Waals surface area (Å²) in [6.45, 7) is 2.58. The first-order valence-electron chi connectivity index (χ1n) is 6.01. The van der Waals surface area contributed by atoms with Crippen LogP contribution in [0.2, 0.25) is 0 Å². The Morgan fingerprint density at radius 2 is 2.24 bits per heavy atom. The monoisotopic (exact) mass is 240 g/mol. The molecule has 0 bridgehead atoms. The molecule has 1 atom stereocenters. The van der Waals surface area contributed by atoms with E-state index in [9.17, 15) is 8.78 Å². The van der Waals surface area contributed by atoms with Gasteiger partial charge in [0.1, 0.15) is 11.6 Å². The van der Waals surface area contributed by atoms with E-state index in [0.717, 1.165) is 25.6 Å². The number of benzene rings is 1. The molecular weight excluding hydrogens is 222 g/mol. The van der Waals surface area contributed by atoms with Crippen LogP contribution >= 0.6 is 0 Å². The first kappa shape index (κ1) is 12.5. The molecule has 0 amide bonds. The summed E-state index contributed by atoms with van der Waals surface area (Å²) in [4.78, 5) is 2.27. The quantitative estimate of drug-likeness (QED) is 0.871. The highest BCUT2D eigenvalue weighted by Crippen LogP contribution is 2.12. The second kappa shape index (κ2) is 5.56. The summed E-state index contributed by atoms with van der Waals surface area (Å²) in [5.74, 6) is -0.995. The number of hydrogen-bond donors (Lipinski definition) is 1. The molecule has 0 aliphatic carbocycles. The van der Waals surface area contributed by atoms with Crippen LogP contribution in [0.25, 0.3) is 0 Å². The minimum Gasteiger partial charge on any atom is -0.309 e. The molecule has 1 heterocycles. The fourth-order valence-electron chi connectivity index (χ4n) is 2.25. The molecule has 17 heavy (non-hydrogen) atoms. The minimum atomic E-state index is -0.524. The maximum Gasteiger partial charge on any atom is 0.130 e. The molecule has 0 radical (unpaired) electrons. The molecule has 1 aromatic rings. The lowest BCUT2D eigenvalue weighted by Gasteiger charge is -2.30. The molecule has 0 spiro atoms. The fraction of sp³-hybridized carbons (Fsp3) is 0.538. The third-order valence-electron chi connectivity index (χ3n) is 3.22. The fourth-order valence-corrected chi connectivity index (χ4v) is 2.25. The van der Waals surface area contributed by atoms with Crippen LogP contribution in [0.15, 0.2) is 18.2 Å². The molecule has 1 aromatic carbocycles. The molecule has 1 aliphatic rings. The van der Waals surface area contributed by atoms with Crippen LogP contribution in [0.5, 0.6) is 0 Å². The Hall–Kier alpha value is -1.00. The lowest BCUT2D eigenvalue weighted by Crippen LogP contribution is -2.43. The molecule has 2 nitrogen and oxygen atoms in total. The largest absolute Gasteiger partial charge is 0.309 e. The van der Waals surface area contributed by atoms with Gasteiger partial charge in [-0.25, -0.2) is 8.78 Å².